The van der Waals surface area contributed by atoms with Gasteiger partial charge in [0.25, 0.3) is 0 Å². The third-order valence-electron chi connectivity index (χ3n) is 7.64. The lowest BCUT2D eigenvalue weighted by atomic mass is 10.0. The summed E-state index contributed by atoms with van der Waals surface area (Å²) in [6, 6.07) is 20.0. The van der Waals surface area contributed by atoms with Gasteiger partial charge in [-0.1, -0.05) is 83.1 Å². The molecule has 3 aromatic rings. The van der Waals surface area contributed by atoms with Gasteiger partial charge in [0, 0.05) is 13.2 Å². The molecule has 0 fully saturated rings. The van der Waals surface area contributed by atoms with E-state index >= 15 is 0 Å². The summed E-state index contributed by atoms with van der Waals surface area (Å²) in [5, 5.41) is 0. The van der Waals surface area contributed by atoms with Crippen LogP contribution in [0, 0.1) is 0 Å². The average Bonchev–Trinajstić information content (AvgIpc) is 3.07. The van der Waals surface area contributed by atoms with E-state index in [1.54, 1.807) is 12.1 Å². The van der Waals surface area contributed by atoms with Crippen LogP contribution in [0.2, 0.25) is 0 Å². The SMILES string of the molecule is CCCCCCCCCOc1ccc(-c2ccc(C(=O)Oc3ccc(C(=O)OC(CCCOCCCC)C(F)(F)F)cc3)cc2)cc1. The van der Waals surface area contributed by atoms with Crippen LogP contribution in [0.15, 0.2) is 72.8 Å². The minimum atomic E-state index is -4.70. The number of hydrogen-bond acceptors (Lipinski definition) is 6. The standard InChI is InChI=1S/C38H47F3O6/c1-3-5-7-8-9-10-11-28-45-33-22-18-30(19-23-33)29-14-16-31(17-15-29)36(42)46-34-24-20-32(21-25-34)37(43)47-35(38(39,40)41)13-12-27-44-26-6-4-2/h14-25,35H,3-13,26-28H2,1-2H3. The van der Waals surface area contributed by atoms with Gasteiger partial charge in [-0.3, -0.25) is 0 Å². The lowest BCUT2D eigenvalue weighted by Crippen LogP contribution is -2.34. The zero-order chi connectivity index (χ0) is 33.9. The van der Waals surface area contributed by atoms with Crippen molar-refractivity contribution in [3.05, 3.63) is 83.9 Å². The minimum absolute atomic E-state index is 0.0863. The van der Waals surface area contributed by atoms with Gasteiger partial charge < -0.3 is 18.9 Å². The Morgan fingerprint density at radius 3 is 1.72 bits per heavy atom. The first-order valence-corrected chi connectivity index (χ1v) is 16.7. The molecule has 0 saturated carbocycles. The molecule has 0 aliphatic heterocycles. The van der Waals surface area contributed by atoms with Crippen LogP contribution in [0.1, 0.15) is 105 Å². The Kier molecular flexibility index (Phi) is 16.3. The van der Waals surface area contributed by atoms with Gasteiger partial charge in [-0.25, -0.2) is 9.59 Å². The first kappa shape index (κ1) is 37.6. The van der Waals surface area contributed by atoms with Gasteiger partial charge in [0.05, 0.1) is 17.7 Å². The molecule has 0 radical (unpaired) electrons. The van der Waals surface area contributed by atoms with Gasteiger partial charge in [0.2, 0.25) is 0 Å². The smallest absolute Gasteiger partial charge is 0.425 e. The molecular weight excluding hydrogens is 609 g/mol. The predicted octanol–water partition coefficient (Wildman–Crippen LogP) is 10.4. The summed E-state index contributed by atoms with van der Waals surface area (Å²) in [6.07, 6.45) is 3.18. The molecule has 9 heteroatoms. The van der Waals surface area contributed by atoms with Crippen molar-refractivity contribution in [1.82, 2.24) is 0 Å². The predicted molar refractivity (Wildman–Crippen MR) is 177 cm³/mol. The van der Waals surface area contributed by atoms with Crippen LogP contribution in [-0.2, 0) is 9.47 Å². The van der Waals surface area contributed by atoms with Gasteiger partial charge in [-0.15, -0.1) is 0 Å². The number of rotatable bonds is 21. The van der Waals surface area contributed by atoms with Crippen LogP contribution in [0.25, 0.3) is 11.1 Å². The summed E-state index contributed by atoms with van der Waals surface area (Å²) in [6.45, 7) is 5.56. The molecule has 0 spiro atoms. The van der Waals surface area contributed by atoms with E-state index in [9.17, 15) is 22.8 Å². The number of benzene rings is 3. The van der Waals surface area contributed by atoms with Crippen molar-refractivity contribution in [2.24, 2.45) is 0 Å². The Labute approximate surface area is 276 Å². The number of carbonyl (C=O) groups is 2. The van der Waals surface area contributed by atoms with Crippen molar-refractivity contribution in [2.45, 2.75) is 96.8 Å². The van der Waals surface area contributed by atoms with Gasteiger partial charge in [-0.05, 0) is 85.3 Å². The largest absolute Gasteiger partial charge is 0.494 e. The maximum absolute atomic E-state index is 13.4. The lowest BCUT2D eigenvalue weighted by molar-refractivity contribution is -0.206. The van der Waals surface area contributed by atoms with Crippen molar-refractivity contribution in [3.8, 4) is 22.6 Å². The molecule has 3 rings (SSSR count). The number of unbranched alkanes of at least 4 members (excludes halogenated alkanes) is 7. The third kappa shape index (κ3) is 13.8. The molecule has 0 aromatic heterocycles. The summed E-state index contributed by atoms with van der Waals surface area (Å²) in [5.74, 6) is -0.762. The highest BCUT2D eigenvalue weighted by Crippen LogP contribution is 2.28. The lowest BCUT2D eigenvalue weighted by Gasteiger charge is -2.20. The Morgan fingerprint density at radius 2 is 1.11 bits per heavy atom. The summed E-state index contributed by atoms with van der Waals surface area (Å²) in [5.41, 5.74) is 2.13. The number of halogens is 3. The normalized spacial score (nSPS) is 12.0. The number of carbonyl (C=O) groups excluding carboxylic acids is 2. The topological polar surface area (TPSA) is 71.1 Å². The van der Waals surface area contributed by atoms with E-state index in [1.807, 2.05) is 43.3 Å². The zero-order valence-corrected chi connectivity index (χ0v) is 27.5. The fraction of sp³-hybridized carbons (Fsp3) is 0.474. The van der Waals surface area contributed by atoms with Crippen LogP contribution in [-0.4, -0.2) is 44.0 Å². The van der Waals surface area contributed by atoms with Gasteiger partial charge in [0.15, 0.2) is 6.10 Å². The second-order valence-corrected chi connectivity index (χ2v) is 11.5. The van der Waals surface area contributed by atoms with E-state index in [0.717, 1.165) is 36.1 Å². The number of esters is 2. The summed E-state index contributed by atoms with van der Waals surface area (Å²) in [4.78, 5) is 25.1. The highest BCUT2D eigenvalue weighted by atomic mass is 19.4. The van der Waals surface area contributed by atoms with Crippen LogP contribution < -0.4 is 9.47 Å². The van der Waals surface area contributed by atoms with E-state index in [4.69, 9.17) is 18.9 Å². The Bertz CT molecular complexity index is 1320. The maximum atomic E-state index is 13.4. The molecule has 0 aliphatic carbocycles. The second kappa shape index (κ2) is 20.4. The molecule has 256 valence electrons. The third-order valence-corrected chi connectivity index (χ3v) is 7.64. The maximum Gasteiger partial charge on any atom is 0.425 e. The molecule has 47 heavy (non-hydrogen) atoms. The number of hydrogen-bond donors (Lipinski definition) is 0. The van der Waals surface area contributed by atoms with Gasteiger partial charge >= 0.3 is 18.1 Å². The average molecular weight is 657 g/mol. The molecule has 1 unspecified atom stereocenters. The van der Waals surface area contributed by atoms with Gasteiger partial charge in [0.1, 0.15) is 11.5 Å². The van der Waals surface area contributed by atoms with E-state index in [2.05, 4.69) is 6.92 Å². The van der Waals surface area contributed by atoms with Crippen molar-refractivity contribution in [3.63, 3.8) is 0 Å². The molecule has 0 saturated heterocycles. The van der Waals surface area contributed by atoms with E-state index in [0.29, 0.717) is 18.8 Å². The summed E-state index contributed by atoms with van der Waals surface area (Å²) >= 11 is 0. The van der Waals surface area contributed by atoms with Crippen molar-refractivity contribution >= 4 is 11.9 Å². The van der Waals surface area contributed by atoms with Crippen LogP contribution in [0.4, 0.5) is 13.2 Å². The molecule has 0 heterocycles. The highest BCUT2D eigenvalue weighted by molar-refractivity contribution is 5.92. The minimum Gasteiger partial charge on any atom is -0.494 e. The van der Waals surface area contributed by atoms with Crippen molar-refractivity contribution in [2.75, 3.05) is 19.8 Å². The first-order chi connectivity index (χ1) is 22.7. The quantitative estimate of drug-likeness (QED) is 0.0646. The van der Waals surface area contributed by atoms with E-state index in [1.165, 1.54) is 62.8 Å². The molecule has 0 aliphatic rings. The fourth-order valence-corrected chi connectivity index (χ4v) is 4.82. The molecule has 0 amide bonds. The molecular formula is C38H47F3O6. The first-order valence-electron chi connectivity index (χ1n) is 16.7. The van der Waals surface area contributed by atoms with Crippen LogP contribution >= 0.6 is 0 Å². The van der Waals surface area contributed by atoms with Crippen molar-refractivity contribution in [1.29, 1.82) is 0 Å². The van der Waals surface area contributed by atoms with Gasteiger partial charge in [-0.2, -0.15) is 13.2 Å². The summed E-state index contributed by atoms with van der Waals surface area (Å²) in [7, 11) is 0. The molecule has 6 nitrogen and oxygen atoms in total. The Hall–Kier alpha value is -3.85. The fourth-order valence-electron chi connectivity index (χ4n) is 4.82. The number of alkyl halides is 3. The molecule has 0 bridgehead atoms. The molecule has 0 N–H and O–H groups in total. The van der Waals surface area contributed by atoms with E-state index in [-0.39, 0.29) is 24.3 Å². The Balaban J connectivity index is 1.45. The number of ether oxygens (including phenoxy) is 4. The monoisotopic (exact) mass is 656 g/mol. The molecule has 1 atom stereocenters. The molecule has 3 aromatic carbocycles. The highest BCUT2D eigenvalue weighted by Gasteiger charge is 2.42. The van der Waals surface area contributed by atoms with Crippen molar-refractivity contribution < 1.29 is 41.7 Å². The Morgan fingerprint density at radius 1 is 0.596 bits per heavy atom. The van der Waals surface area contributed by atoms with E-state index < -0.39 is 30.6 Å². The van der Waals surface area contributed by atoms with Crippen LogP contribution in [0.3, 0.4) is 0 Å². The second-order valence-electron chi connectivity index (χ2n) is 11.5. The zero-order valence-electron chi connectivity index (χ0n) is 27.5. The van der Waals surface area contributed by atoms with Crippen LogP contribution in [0.5, 0.6) is 11.5 Å². The summed E-state index contributed by atoms with van der Waals surface area (Å²) < 4.78 is 61.7.